The number of aryl methyl sites for hydroxylation is 2. The van der Waals surface area contributed by atoms with Gasteiger partial charge < -0.3 is 14.6 Å². The van der Waals surface area contributed by atoms with Gasteiger partial charge in [0.15, 0.2) is 5.13 Å². The van der Waals surface area contributed by atoms with Crippen molar-refractivity contribution in [1.29, 1.82) is 0 Å². The lowest BCUT2D eigenvalue weighted by Crippen LogP contribution is -2.29. The summed E-state index contributed by atoms with van der Waals surface area (Å²) < 4.78 is 11.8. The molecule has 43 heavy (non-hydrogen) atoms. The fourth-order valence-electron chi connectivity index (χ4n) is 4.73. The van der Waals surface area contributed by atoms with Crippen LogP contribution in [-0.4, -0.2) is 34.4 Å². The van der Waals surface area contributed by atoms with Gasteiger partial charge in [0, 0.05) is 10.0 Å². The standard InChI is InChI=1S/C33H27BrN2O6S/c1-4-15-41-32(40)30-20(3)35-33(43-30)36-27(23-9-6-10-24(34)17-23)26(29(38)31(36)39)28(37)22-11-13-25(14-12-22)42-18-21-8-5-7-19(2)16-21/h4-14,16-17,27,37H,1,15,18H2,2-3H3. The van der Waals surface area contributed by atoms with Crippen molar-refractivity contribution in [2.45, 2.75) is 26.5 Å². The second kappa shape index (κ2) is 12.8. The van der Waals surface area contributed by atoms with Gasteiger partial charge in [-0.05, 0) is 61.4 Å². The number of anilines is 1. The molecular weight excluding hydrogens is 632 g/mol. The Morgan fingerprint density at radius 2 is 1.84 bits per heavy atom. The molecular formula is C33H27BrN2O6S. The number of nitrogens with zero attached hydrogens (tertiary/aromatic N) is 2. The van der Waals surface area contributed by atoms with Crippen LogP contribution in [0.4, 0.5) is 5.13 Å². The Kier molecular flexibility index (Phi) is 8.89. The summed E-state index contributed by atoms with van der Waals surface area (Å²) in [6.45, 7) is 7.57. The third kappa shape index (κ3) is 6.30. The van der Waals surface area contributed by atoms with Crippen molar-refractivity contribution in [3.63, 3.8) is 0 Å². The Morgan fingerprint density at radius 1 is 1.09 bits per heavy atom. The van der Waals surface area contributed by atoms with Gasteiger partial charge in [-0.3, -0.25) is 14.5 Å². The third-order valence-electron chi connectivity index (χ3n) is 6.73. The Balaban J connectivity index is 1.52. The lowest BCUT2D eigenvalue weighted by molar-refractivity contribution is -0.132. The van der Waals surface area contributed by atoms with E-state index in [-0.39, 0.29) is 27.9 Å². The number of carbonyl (C=O) groups excluding carboxylic acids is 3. The fourth-order valence-corrected chi connectivity index (χ4v) is 6.13. The number of aliphatic hydroxyl groups is 1. The molecule has 2 heterocycles. The average molecular weight is 660 g/mol. The number of ketones is 1. The fraction of sp³-hybridized carbons (Fsp3) is 0.152. The molecule has 1 aliphatic rings. The molecule has 1 N–H and O–H groups in total. The molecule has 0 aliphatic carbocycles. The molecule has 3 aromatic carbocycles. The van der Waals surface area contributed by atoms with Gasteiger partial charge in [0.25, 0.3) is 5.78 Å². The third-order valence-corrected chi connectivity index (χ3v) is 8.36. The van der Waals surface area contributed by atoms with E-state index in [1.807, 2.05) is 37.3 Å². The van der Waals surface area contributed by atoms with Crippen LogP contribution in [-0.2, 0) is 20.9 Å². The van der Waals surface area contributed by atoms with Crippen molar-refractivity contribution in [1.82, 2.24) is 4.98 Å². The Hall–Kier alpha value is -4.54. The monoisotopic (exact) mass is 658 g/mol. The normalized spacial score (nSPS) is 15.9. The highest BCUT2D eigenvalue weighted by molar-refractivity contribution is 9.10. The molecule has 10 heteroatoms. The van der Waals surface area contributed by atoms with E-state index in [1.165, 1.54) is 11.0 Å². The minimum atomic E-state index is -1.00. The molecule has 0 radical (unpaired) electrons. The Labute approximate surface area is 261 Å². The zero-order chi connectivity index (χ0) is 30.7. The summed E-state index contributed by atoms with van der Waals surface area (Å²) in [5.74, 6) is -2.11. The SMILES string of the molecule is C=CCOC(=O)c1sc(N2C(=O)C(=O)C(=C(O)c3ccc(OCc4cccc(C)c4)cc3)C2c2cccc(Br)c2)nc1C. The van der Waals surface area contributed by atoms with Crippen LogP contribution >= 0.6 is 27.3 Å². The Morgan fingerprint density at radius 3 is 2.53 bits per heavy atom. The van der Waals surface area contributed by atoms with Gasteiger partial charge in [0.2, 0.25) is 0 Å². The number of aliphatic hydroxyl groups excluding tert-OH is 1. The van der Waals surface area contributed by atoms with Crippen LogP contribution in [0.15, 0.2) is 95.5 Å². The summed E-state index contributed by atoms with van der Waals surface area (Å²) in [4.78, 5) is 45.5. The molecule has 8 nitrogen and oxygen atoms in total. The van der Waals surface area contributed by atoms with Crippen LogP contribution in [0.5, 0.6) is 5.75 Å². The maximum absolute atomic E-state index is 13.5. The Bertz CT molecular complexity index is 1760. The van der Waals surface area contributed by atoms with Crippen LogP contribution in [0.2, 0.25) is 0 Å². The number of Topliss-reactive ketones (excluding diaryl/α,β-unsaturated/α-hetero) is 1. The number of benzene rings is 3. The first-order valence-corrected chi connectivity index (χ1v) is 14.9. The topological polar surface area (TPSA) is 106 Å². The van der Waals surface area contributed by atoms with E-state index in [9.17, 15) is 19.5 Å². The van der Waals surface area contributed by atoms with E-state index >= 15 is 0 Å². The summed E-state index contributed by atoms with van der Waals surface area (Å²) in [7, 11) is 0. The van der Waals surface area contributed by atoms with E-state index in [1.54, 1.807) is 49.4 Å². The second-order valence-corrected chi connectivity index (χ2v) is 11.7. The van der Waals surface area contributed by atoms with Gasteiger partial charge in [-0.1, -0.05) is 81.9 Å². The molecule has 4 aromatic rings. The van der Waals surface area contributed by atoms with Crippen LogP contribution in [0, 0.1) is 13.8 Å². The van der Waals surface area contributed by atoms with Crippen LogP contribution in [0.3, 0.4) is 0 Å². The highest BCUT2D eigenvalue weighted by Crippen LogP contribution is 2.44. The number of halogens is 1. The van der Waals surface area contributed by atoms with Crippen molar-refractivity contribution in [2.24, 2.45) is 0 Å². The average Bonchev–Trinajstić information content (AvgIpc) is 3.51. The molecule has 1 unspecified atom stereocenters. The predicted molar refractivity (Wildman–Crippen MR) is 168 cm³/mol. The van der Waals surface area contributed by atoms with Gasteiger partial charge in [-0.15, -0.1) is 0 Å². The lowest BCUT2D eigenvalue weighted by atomic mass is 9.95. The first-order chi connectivity index (χ1) is 20.7. The minimum absolute atomic E-state index is 0.0177. The van der Waals surface area contributed by atoms with Crippen molar-refractivity contribution in [2.75, 3.05) is 11.5 Å². The van der Waals surface area contributed by atoms with Gasteiger partial charge in [0.1, 0.15) is 29.6 Å². The summed E-state index contributed by atoms with van der Waals surface area (Å²) in [5, 5.41) is 11.6. The summed E-state index contributed by atoms with van der Waals surface area (Å²) in [6.07, 6.45) is 1.45. The number of hydrogen-bond acceptors (Lipinski definition) is 8. The maximum Gasteiger partial charge on any atom is 0.350 e. The quantitative estimate of drug-likeness (QED) is 0.0674. The van der Waals surface area contributed by atoms with E-state index in [2.05, 4.69) is 27.5 Å². The number of rotatable bonds is 9. The molecule has 1 amide bonds. The van der Waals surface area contributed by atoms with Gasteiger partial charge in [-0.25, -0.2) is 9.78 Å². The number of hydrogen-bond donors (Lipinski definition) is 1. The second-order valence-electron chi connectivity index (χ2n) is 9.82. The van der Waals surface area contributed by atoms with E-state index in [0.717, 1.165) is 26.9 Å². The van der Waals surface area contributed by atoms with Crippen LogP contribution < -0.4 is 9.64 Å². The smallest absolute Gasteiger partial charge is 0.350 e. The van der Waals surface area contributed by atoms with Gasteiger partial charge >= 0.3 is 11.9 Å². The lowest BCUT2D eigenvalue weighted by Gasteiger charge is -2.23. The molecule has 0 spiro atoms. The number of ether oxygens (including phenoxy) is 2. The summed E-state index contributed by atoms with van der Waals surface area (Å²) in [6, 6.07) is 20.7. The number of amides is 1. The number of esters is 1. The molecule has 1 fully saturated rings. The molecule has 0 saturated carbocycles. The molecule has 0 bridgehead atoms. The van der Waals surface area contributed by atoms with Crippen molar-refractivity contribution < 1.29 is 29.0 Å². The maximum atomic E-state index is 13.5. The summed E-state index contributed by atoms with van der Waals surface area (Å²) >= 11 is 4.40. The molecule has 1 saturated heterocycles. The first kappa shape index (κ1) is 29.9. The minimum Gasteiger partial charge on any atom is -0.507 e. The van der Waals surface area contributed by atoms with E-state index in [4.69, 9.17) is 9.47 Å². The van der Waals surface area contributed by atoms with Crippen molar-refractivity contribution in [3.05, 3.63) is 128 Å². The van der Waals surface area contributed by atoms with E-state index < -0.39 is 23.7 Å². The number of aromatic nitrogens is 1. The predicted octanol–water partition coefficient (Wildman–Crippen LogP) is 7.07. The summed E-state index contributed by atoms with van der Waals surface area (Å²) in [5.41, 5.74) is 3.32. The highest BCUT2D eigenvalue weighted by atomic mass is 79.9. The molecule has 218 valence electrons. The van der Waals surface area contributed by atoms with Crippen LogP contribution in [0.25, 0.3) is 5.76 Å². The van der Waals surface area contributed by atoms with Crippen LogP contribution in [0.1, 0.15) is 43.7 Å². The first-order valence-electron chi connectivity index (χ1n) is 13.3. The number of thiazole rings is 1. The molecule has 1 aromatic heterocycles. The van der Waals surface area contributed by atoms with E-state index in [0.29, 0.717) is 29.2 Å². The zero-order valence-corrected chi connectivity index (χ0v) is 25.8. The van der Waals surface area contributed by atoms with Crippen molar-refractivity contribution in [3.8, 4) is 5.75 Å². The largest absolute Gasteiger partial charge is 0.507 e. The highest BCUT2D eigenvalue weighted by Gasteiger charge is 2.48. The zero-order valence-electron chi connectivity index (χ0n) is 23.4. The van der Waals surface area contributed by atoms with Crippen molar-refractivity contribution >= 4 is 55.8 Å². The number of carbonyl (C=O) groups is 3. The van der Waals surface area contributed by atoms with Gasteiger partial charge in [0.05, 0.1) is 17.3 Å². The molecule has 1 atom stereocenters. The molecule has 1 aliphatic heterocycles. The molecule has 5 rings (SSSR count). The van der Waals surface area contributed by atoms with Gasteiger partial charge in [-0.2, -0.15) is 0 Å².